The maximum atomic E-state index is 13.0. The number of aromatic amines is 1. The van der Waals surface area contributed by atoms with Crippen molar-refractivity contribution in [3.63, 3.8) is 0 Å². The molecule has 2 aromatic heterocycles. The normalized spacial score (nSPS) is 17.8. The fourth-order valence-corrected chi connectivity index (χ4v) is 4.28. The summed E-state index contributed by atoms with van der Waals surface area (Å²) < 4.78 is 1.09. The summed E-state index contributed by atoms with van der Waals surface area (Å²) in [5, 5.41) is 11.5. The van der Waals surface area contributed by atoms with Gasteiger partial charge in [0.15, 0.2) is 0 Å². The van der Waals surface area contributed by atoms with Gasteiger partial charge in [0.1, 0.15) is 5.69 Å². The molecule has 1 aliphatic heterocycles. The fraction of sp³-hybridized carbons (Fsp3) is 0.389. The number of aromatic nitrogens is 3. The lowest BCUT2D eigenvalue weighted by molar-refractivity contribution is 0.0986. The van der Waals surface area contributed by atoms with Crippen molar-refractivity contribution in [3.8, 4) is 0 Å². The van der Waals surface area contributed by atoms with Gasteiger partial charge in [-0.3, -0.25) is 9.89 Å². The van der Waals surface area contributed by atoms with Crippen molar-refractivity contribution in [3.05, 3.63) is 40.7 Å². The molecular weight excluding hydrogens is 334 g/mol. The Morgan fingerprint density at radius 1 is 1.40 bits per heavy atom. The molecule has 1 saturated heterocycles. The highest BCUT2D eigenvalue weighted by Crippen LogP contribution is 2.29. The molecule has 25 heavy (non-hydrogen) atoms. The Labute approximate surface area is 150 Å². The van der Waals surface area contributed by atoms with Gasteiger partial charge in [0.25, 0.3) is 5.91 Å². The number of hydrogen-bond acceptors (Lipinski definition) is 5. The highest BCUT2D eigenvalue weighted by molar-refractivity contribution is 7.18. The van der Waals surface area contributed by atoms with Crippen LogP contribution in [0.1, 0.15) is 39.8 Å². The van der Waals surface area contributed by atoms with E-state index in [1.807, 2.05) is 25.1 Å². The fourth-order valence-electron chi connectivity index (χ4n) is 3.42. The van der Waals surface area contributed by atoms with Crippen molar-refractivity contribution in [2.24, 2.45) is 0 Å². The monoisotopic (exact) mass is 355 g/mol. The van der Waals surface area contributed by atoms with Crippen LogP contribution in [0.5, 0.6) is 0 Å². The number of rotatable bonds is 3. The summed E-state index contributed by atoms with van der Waals surface area (Å²) in [5.41, 5.74) is 3.45. The molecule has 1 aromatic carbocycles. The maximum absolute atomic E-state index is 13.0. The Bertz CT molecular complexity index is 909. The van der Waals surface area contributed by atoms with Crippen molar-refractivity contribution in [1.29, 1.82) is 0 Å². The van der Waals surface area contributed by atoms with Crippen LogP contribution in [0.2, 0.25) is 0 Å². The zero-order valence-corrected chi connectivity index (χ0v) is 15.2. The van der Waals surface area contributed by atoms with E-state index in [9.17, 15) is 4.79 Å². The highest BCUT2D eigenvalue weighted by atomic mass is 32.1. The van der Waals surface area contributed by atoms with E-state index < -0.39 is 0 Å². The lowest BCUT2D eigenvalue weighted by atomic mass is 9.91. The van der Waals surface area contributed by atoms with Crippen molar-refractivity contribution in [2.45, 2.75) is 25.7 Å². The highest BCUT2D eigenvalue weighted by Gasteiger charge is 2.25. The molecule has 6 nitrogen and oxygen atoms in total. The number of amides is 1. The van der Waals surface area contributed by atoms with E-state index in [0.29, 0.717) is 11.6 Å². The number of anilines is 1. The van der Waals surface area contributed by atoms with Crippen LogP contribution >= 0.6 is 11.3 Å². The predicted molar refractivity (Wildman–Crippen MR) is 101 cm³/mol. The average Bonchev–Trinajstić information content (AvgIpc) is 3.26. The summed E-state index contributed by atoms with van der Waals surface area (Å²) in [6.45, 7) is 3.94. The number of thiazole rings is 1. The summed E-state index contributed by atoms with van der Waals surface area (Å²) in [5.74, 6) is 0.283. The quantitative estimate of drug-likeness (QED) is 0.757. The Morgan fingerprint density at radius 2 is 2.28 bits per heavy atom. The van der Waals surface area contributed by atoms with Gasteiger partial charge in [-0.25, -0.2) is 4.98 Å². The van der Waals surface area contributed by atoms with E-state index in [1.54, 1.807) is 29.5 Å². The molecule has 130 valence electrons. The first-order chi connectivity index (χ1) is 12.1. The number of fused-ring (bicyclic) bond motifs is 1. The molecule has 1 aliphatic rings. The Hall–Kier alpha value is -2.25. The first kappa shape index (κ1) is 16.2. The average molecular weight is 355 g/mol. The van der Waals surface area contributed by atoms with Gasteiger partial charge in [-0.05, 0) is 44.5 Å². The van der Waals surface area contributed by atoms with Crippen molar-refractivity contribution >= 4 is 33.1 Å². The minimum absolute atomic E-state index is 0.0568. The predicted octanol–water partition coefficient (Wildman–Crippen LogP) is 3.07. The lowest BCUT2D eigenvalue weighted by Gasteiger charge is -2.24. The van der Waals surface area contributed by atoms with E-state index >= 15 is 0 Å². The number of benzene rings is 1. The summed E-state index contributed by atoms with van der Waals surface area (Å²) in [7, 11) is 1.81. The number of carbonyl (C=O) groups is 1. The molecule has 1 fully saturated rings. The standard InChI is InChI=1S/C18H21N5OS/c1-11-21-15-6-5-13(8-16(15)25-11)23(2)18(24)17-14(10-20-22-17)12-4-3-7-19-9-12/h5-6,8,10,12,19H,3-4,7,9H2,1-2H3,(H,20,22). The van der Waals surface area contributed by atoms with Crippen LogP contribution in [-0.2, 0) is 0 Å². The topological polar surface area (TPSA) is 73.9 Å². The minimum atomic E-state index is -0.0568. The van der Waals surface area contributed by atoms with Crippen LogP contribution in [0.4, 0.5) is 5.69 Å². The van der Waals surface area contributed by atoms with Crippen LogP contribution in [0.15, 0.2) is 24.4 Å². The number of carbonyl (C=O) groups excluding carboxylic acids is 1. The van der Waals surface area contributed by atoms with Crippen molar-refractivity contribution in [2.75, 3.05) is 25.0 Å². The van der Waals surface area contributed by atoms with E-state index in [0.717, 1.165) is 52.4 Å². The molecule has 3 aromatic rings. The third-order valence-electron chi connectivity index (χ3n) is 4.79. The van der Waals surface area contributed by atoms with Gasteiger partial charge >= 0.3 is 0 Å². The third kappa shape index (κ3) is 3.05. The minimum Gasteiger partial charge on any atom is -0.316 e. The number of nitrogens with one attached hydrogen (secondary N) is 2. The van der Waals surface area contributed by atoms with E-state index in [2.05, 4.69) is 20.5 Å². The lowest BCUT2D eigenvalue weighted by Crippen LogP contribution is -2.31. The van der Waals surface area contributed by atoms with Crippen LogP contribution in [0.3, 0.4) is 0 Å². The maximum Gasteiger partial charge on any atom is 0.276 e. The van der Waals surface area contributed by atoms with Crippen LogP contribution in [0.25, 0.3) is 10.2 Å². The van der Waals surface area contributed by atoms with E-state index in [1.165, 1.54) is 0 Å². The Morgan fingerprint density at radius 3 is 3.08 bits per heavy atom. The van der Waals surface area contributed by atoms with Crippen molar-refractivity contribution in [1.82, 2.24) is 20.5 Å². The zero-order chi connectivity index (χ0) is 17.4. The summed E-state index contributed by atoms with van der Waals surface area (Å²) in [6.07, 6.45) is 4.01. The molecule has 1 amide bonds. The molecular formula is C18H21N5OS. The van der Waals surface area contributed by atoms with Crippen molar-refractivity contribution < 1.29 is 4.79 Å². The molecule has 3 heterocycles. The van der Waals surface area contributed by atoms with Gasteiger partial charge in [-0.15, -0.1) is 11.3 Å². The molecule has 0 bridgehead atoms. The zero-order valence-electron chi connectivity index (χ0n) is 14.4. The molecule has 1 atom stereocenters. The van der Waals surface area contributed by atoms with Crippen LogP contribution in [0, 0.1) is 6.92 Å². The number of hydrogen-bond donors (Lipinski definition) is 2. The molecule has 1 unspecified atom stereocenters. The second-order valence-corrected chi connectivity index (χ2v) is 7.73. The van der Waals surface area contributed by atoms with Gasteiger partial charge in [0, 0.05) is 30.8 Å². The van der Waals surface area contributed by atoms with Gasteiger partial charge in [0.05, 0.1) is 21.4 Å². The van der Waals surface area contributed by atoms with E-state index in [4.69, 9.17) is 0 Å². The summed E-state index contributed by atoms with van der Waals surface area (Å²) >= 11 is 1.64. The van der Waals surface area contributed by atoms with E-state index in [-0.39, 0.29) is 5.91 Å². The molecule has 4 rings (SSSR count). The number of aryl methyl sites for hydroxylation is 1. The molecule has 0 radical (unpaired) electrons. The summed E-state index contributed by atoms with van der Waals surface area (Å²) in [4.78, 5) is 19.2. The molecule has 7 heteroatoms. The Balaban J connectivity index is 1.62. The number of H-pyrrole nitrogens is 1. The third-order valence-corrected chi connectivity index (χ3v) is 5.72. The largest absolute Gasteiger partial charge is 0.316 e. The second-order valence-electron chi connectivity index (χ2n) is 6.49. The van der Waals surface area contributed by atoms with Gasteiger partial charge in [-0.1, -0.05) is 0 Å². The van der Waals surface area contributed by atoms with Gasteiger partial charge in [-0.2, -0.15) is 5.10 Å². The van der Waals surface area contributed by atoms with Crippen LogP contribution in [-0.4, -0.2) is 41.2 Å². The van der Waals surface area contributed by atoms with Gasteiger partial charge in [0.2, 0.25) is 0 Å². The van der Waals surface area contributed by atoms with Crippen LogP contribution < -0.4 is 10.2 Å². The molecule has 0 saturated carbocycles. The first-order valence-corrected chi connectivity index (χ1v) is 9.34. The number of nitrogens with zero attached hydrogens (tertiary/aromatic N) is 3. The Kier molecular flexibility index (Phi) is 4.27. The number of piperidine rings is 1. The molecule has 2 N–H and O–H groups in total. The van der Waals surface area contributed by atoms with Gasteiger partial charge < -0.3 is 10.2 Å². The summed E-state index contributed by atoms with van der Waals surface area (Å²) in [6, 6.07) is 5.94. The second kappa shape index (κ2) is 6.57. The SMILES string of the molecule is Cc1nc2ccc(N(C)C(=O)c3[nH]ncc3C3CCCNC3)cc2s1. The molecule has 0 aliphatic carbocycles. The smallest absolute Gasteiger partial charge is 0.276 e. The first-order valence-electron chi connectivity index (χ1n) is 8.52. The molecule has 0 spiro atoms.